The van der Waals surface area contributed by atoms with Crippen LogP contribution in [0, 0.1) is 11.6 Å². The van der Waals surface area contributed by atoms with Gasteiger partial charge in [-0.05, 0) is 25.5 Å². The van der Waals surface area contributed by atoms with E-state index in [2.05, 4.69) is 15.2 Å². The zero-order valence-corrected chi connectivity index (χ0v) is 16.9. The van der Waals surface area contributed by atoms with Crippen molar-refractivity contribution in [2.75, 3.05) is 63.0 Å². The first-order valence-corrected chi connectivity index (χ1v) is 11.2. The van der Waals surface area contributed by atoms with E-state index < -0.39 is 21.7 Å². The fourth-order valence-electron chi connectivity index (χ4n) is 3.52. The molecule has 2 saturated heterocycles. The van der Waals surface area contributed by atoms with Crippen molar-refractivity contribution in [2.45, 2.75) is 13.3 Å². The fourth-order valence-corrected chi connectivity index (χ4v) is 5.04. The smallest absolute Gasteiger partial charge is 0.214 e. The van der Waals surface area contributed by atoms with Crippen molar-refractivity contribution in [1.82, 2.24) is 14.5 Å². The molecular weight excluding hydrogens is 388 g/mol. The molecule has 0 spiro atoms. The number of hydrogen-bond donors (Lipinski definition) is 1. The summed E-state index contributed by atoms with van der Waals surface area (Å²) in [6, 6.07) is 3.49. The van der Waals surface area contributed by atoms with Crippen LogP contribution in [0.2, 0.25) is 0 Å². The quantitative estimate of drug-likeness (QED) is 0.576. The van der Waals surface area contributed by atoms with Gasteiger partial charge in [0.15, 0.2) is 5.96 Å². The largest absolute Gasteiger partial charge is 0.366 e. The number of guanidine groups is 1. The van der Waals surface area contributed by atoms with Gasteiger partial charge in [-0.2, -0.15) is 0 Å². The van der Waals surface area contributed by atoms with E-state index in [0.717, 1.165) is 18.1 Å². The van der Waals surface area contributed by atoms with Gasteiger partial charge in [-0.25, -0.2) is 21.5 Å². The van der Waals surface area contributed by atoms with Crippen LogP contribution in [0.1, 0.15) is 13.3 Å². The maximum absolute atomic E-state index is 14.0. The number of benzene rings is 1. The molecule has 0 amide bonds. The van der Waals surface area contributed by atoms with Gasteiger partial charge in [-0.3, -0.25) is 4.99 Å². The number of aliphatic imine (C=N–C) groups is 1. The molecule has 0 aromatic heterocycles. The highest BCUT2D eigenvalue weighted by Crippen LogP contribution is 2.22. The molecule has 28 heavy (non-hydrogen) atoms. The van der Waals surface area contributed by atoms with Crippen LogP contribution in [0.3, 0.4) is 0 Å². The van der Waals surface area contributed by atoms with E-state index in [1.807, 2.05) is 11.8 Å². The minimum absolute atomic E-state index is 0.218. The third-order valence-corrected chi connectivity index (χ3v) is 6.93. The molecule has 0 atom stereocenters. The molecule has 2 fully saturated rings. The Morgan fingerprint density at radius 2 is 1.93 bits per heavy atom. The summed E-state index contributed by atoms with van der Waals surface area (Å²) in [5.74, 6) is 0.0568. The third-order valence-electron chi connectivity index (χ3n) is 4.98. The summed E-state index contributed by atoms with van der Waals surface area (Å²) in [4.78, 5) is 8.46. The van der Waals surface area contributed by atoms with Crippen molar-refractivity contribution in [3.8, 4) is 0 Å². The van der Waals surface area contributed by atoms with Gasteiger partial charge in [0.25, 0.3) is 0 Å². The van der Waals surface area contributed by atoms with E-state index >= 15 is 0 Å². The molecule has 1 aromatic rings. The minimum atomic E-state index is -3.11. The highest BCUT2D eigenvalue weighted by Gasteiger charge is 2.27. The van der Waals surface area contributed by atoms with Crippen molar-refractivity contribution in [3.63, 3.8) is 0 Å². The second-order valence-electron chi connectivity index (χ2n) is 6.87. The van der Waals surface area contributed by atoms with E-state index in [1.54, 1.807) is 0 Å². The van der Waals surface area contributed by atoms with Crippen molar-refractivity contribution >= 4 is 21.7 Å². The van der Waals surface area contributed by atoms with Gasteiger partial charge in [-0.15, -0.1) is 0 Å². The summed E-state index contributed by atoms with van der Waals surface area (Å²) < 4.78 is 52.7. The van der Waals surface area contributed by atoms with Crippen LogP contribution < -0.4 is 10.2 Å². The number of anilines is 1. The molecule has 7 nitrogen and oxygen atoms in total. The van der Waals surface area contributed by atoms with Crippen LogP contribution in [0.5, 0.6) is 0 Å². The van der Waals surface area contributed by atoms with E-state index in [4.69, 9.17) is 0 Å². The molecule has 1 aromatic carbocycles. The van der Waals surface area contributed by atoms with E-state index in [0.29, 0.717) is 58.8 Å². The van der Waals surface area contributed by atoms with Crippen molar-refractivity contribution in [2.24, 2.45) is 4.99 Å². The second kappa shape index (κ2) is 9.04. The lowest BCUT2D eigenvalue weighted by molar-refractivity contribution is 0.369. The van der Waals surface area contributed by atoms with Gasteiger partial charge >= 0.3 is 0 Å². The SMILES string of the molecule is CCNC(=NCCN1CCCS1(=O)=O)N1CCN(c2cc(F)ccc2F)CC1. The summed E-state index contributed by atoms with van der Waals surface area (Å²) in [5, 5.41) is 3.23. The average Bonchev–Trinajstić information content (AvgIpc) is 3.01. The highest BCUT2D eigenvalue weighted by molar-refractivity contribution is 7.89. The van der Waals surface area contributed by atoms with Crippen LogP contribution in [0.4, 0.5) is 14.5 Å². The summed E-state index contributed by atoms with van der Waals surface area (Å²) in [5.41, 5.74) is 0.279. The Kier molecular flexibility index (Phi) is 6.71. The topological polar surface area (TPSA) is 68.2 Å². The number of hydrogen-bond acceptors (Lipinski definition) is 4. The Hall–Kier alpha value is -1.94. The van der Waals surface area contributed by atoms with Crippen LogP contribution >= 0.6 is 0 Å². The van der Waals surface area contributed by atoms with Crippen molar-refractivity contribution in [1.29, 1.82) is 0 Å². The number of halogens is 2. The number of sulfonamides is 1. The maximum atomic E-state index is 14.0. The van der Waals surface area contributed by atoms with Gasteiger partial charge in [-0.1, -0.05) is 0 Å². The Balaban J connectivity index is 1.58. The van der Waals surface area contributed by atoms with Crippen molar-refractivity contribution < 1.29 is 17.2 Å². The molecule has 0 aliphatic carbocycles. The zero-order chi connectivity index (χ0) is 20.1. The number of nitrogens with zero attached hydrogens (tertiary/aromatic N) is 4. The lowest BCUT2D eigenvalue weighted by Crippen LogP contribution is -2.53. The number of piperazine rings is 1. The summed E-state index contributed by atoms with van der Waals surface area (Å²) in [7, 11) is -3.11. The first-order chi connectivity index (χ1) is 13.4. The fraction of sp³-hybridized carbons (Fsp3) is 0.611. The Labute approximate surface area is 165 Å². The van der Waals surface area contributed by atoms with E-state index in [9.17, 15) is 17.2 Å². The molecule has 0 unspecified atom stereocenters. The van der Waals surface area contributed by atoms with E-state index in [1.165, 1.54) is 10.4 Å². The molecule has 156 valence electrons. The Morgan fingerprint density at radius 3 is 2.57 bits per heavy atom. The summed E-state index contributed by atoms with van der Waals surface area (Å²) in [6.07, 6.45) is 0.671. The van der Waals surface area contributed by atoms with Crippen LogP contribution in [0.15, 0.2) is 23.2 Å². The van der Waals surface area contributed by atoms with Gasteiger partial charge in [0.2, 0.25) is 10.0 Å². The third kappa shape index (κ3) is 4.91. The normalized spacial score (nSPS) is 20.6. The van der Waals surface area contributed by atoms with Crippen LogP contribution in [-0.4, -0.2) is 81.7 Å². The van der Waals surface area contributed by atoms with Crippen LogP contribution in [0.25, 0.3) is 0 Å². The standard InChI is InChI=1S/C18H27F2N5O2S/c1-2-21-18(22-6-8-25-7-3-13-28(25,26)27)24-11-9-23(10-12-24)17-14-15(19)4-5-16(17)20/h4-5,14H,2-3,6-13H2,1H3,(H,21,22). The van der Waals surface area contributed by atoms with Crippen molar-refractivity contribution in [3.05, 3.63) is 29.8 Å². The minimum Gasteiger partial charge on any atom is -0.366 e. The van der Waals surface area contributed by atoms with Gasteiger partial charge < -0.3 is 15.1 Å². The molecular formula is C18H27F2N5O2S. The maximum Gasteiger partial charge on any atom is 0.214 e. The highest BCUT2D eigenvalue weighted by atomic mass is 32.2. The molecule has 0 saturated carbocycles. The first-order valence-electron chi connectivity index (χ1n) is 9.62. The molecule has 0 radical (unpaired) electrons. The predicted octanol–water partition coefficient (Wildman–Crippen LogP) is 1.09. The summed E-state index contributed by atoms with van der Waals surface area (Å²) in [6.45, 7) is 6.32. The predicted molar refractivity (Wildman–Crippen MR) is 106 cm³/mol. The first kappa shape index (κ1) is 20.8. The van der Waals surface area contributed by atoms with E-state index in [-0.39, 0.29) is 11.4 Å². The van der Waals surface area contributed by atoms with Crippen LogP contribution in [-0.2, 0) is 10.0 Å². The monoisotopic (exact) mass is 415 g/mol. The van der Waals surface area contributed by atoms with Gasteiger partial charge in [0.1, 0.15) is 11.6 Å². The number of rotatable bonds is 5. The van der Waals surface area contributed by atoms with Gasteiger partial charge in [0.05, 0.1) is 18.0 Å². The molecule has 3 rings (SSSR count). The number of nitrogens with one attached hydrogen (secondary N) is 1. The molecule has 1 N–H and O–H groups in total. The Bertz CT molecular complexity index is 810. The molecule has 2 aliphatic rings. The summed E-state index contributed by atoms with van der Waals surface area (Å²) >= 11 is 0. The Morgan fingerprint density at radius 1 is 1.18 bits per heavy atom. The lowest BCUT2D eigenvalue weighted by Gasteiger charge is -2.37. The van der Waals surface area contributed by atoms with Gasteiger partial charge in [0, 0.05) is 51.9 Å². The zero-order valence-electron chi connectivity index (χ0n) is 16.1. The lowest BCUT2D eigenvalue weighted by atomic mass is 10.2. The molecule has 0 bridgehead atoms. The second-order valence-corrected chi connectivity index (χ2v) is 8.96. The molecule has 10 heteroatoms. The average molecular weight is 416 g/mol. The molecule has 2 heterocycles. The molecule has 2 aliphatic heterocycles.